The van der Waals surface area contributed by atoms with Crippen molar-refractivity contribution in [2.45, 2.75) is 25.7 Å². The molecule has 0 rings (SSSR count). The van der Waals surface area contributed by atoms with Crippen molar-refractivity contribution >= 4 is 54.7 Å². The molecule has 0 unspecified atom stereocenters. The lowest BCUT2D eigenvalue weighted by atomic mass is 9.99. The third-order valence-corrected chi connectivity index (χ3v) is 2.84. The van der Waals surface area contributed by atoms with Gasteiger partial charge in [-0.3, -0.25) is 4.57 Å². The summed E-state index contributed by atoms with van der Waals surface area (Å²) in [5.41, 5.74) is 2.69. The van der Waals surface area contributed by atoms with Crippen LogP contribution in [0.15, 0.2) is 11.1 Å². The summed E-state index contributed by atoms with van der Waals surface area (Å²) in [5, 5.41) is 0. The van der Waals surface area contributed by atoms with Crippen molar-refractivity contribution in [3.8, 4) is 0 Å². The second-order valence-electron chi connectivity index (χ2n) is 3.25. The molecule has 0 aliphatic heterocycles. The van der Waals surface area contributed by atoms with Crippen LogP contribution in [0, 0.1) is 0 Å². The molecule has 0 bridgehead atoms. The Hall–Kier alpha value is 1.05. The molecular formula is C10H19Cl4O3P. The summed E-state index contributed by atoms with van der Waals surface area (Å²) >= 11 is 22.9. The van der Waals surface area contributed by atoms with Crippen molar-refractivity contribution in [1.29, 1.82) is 0 Å². The fourth-order valence-corrected chi connectivity index (χ4v) is 2.33. The highest BCUT2D eigenvalue weighted by Gasteiger charge is 2.05. The molecule has 0 aromatic heterocycles. The number of halogens is 4. The third kappa shape index (κ3) is 15.1. The third-order valence-electron chi connectivity index (χ3n) is 2.09. The van der Waals surface area contributed by atoms with Gasteiger partial charge in [-0.2, -0.15) is 0 Å². The molecule has 0 fully saturated rings. The summed E-state index contributed by atoms with van der Waals surface area (Å²) in [5.74, 6) is 2.56. The van der Waals surface area contributed by atoms with Crippen LogP contribution >= 0.6 is 54.7 Å². The molecule has 0 heterocycles. The Bertz CT molecular complexity index is 211. The van der Waals surface area contributed by atoms with Gasteiger partial charge in [0, 0.05) is 23.5 Å². The van der Waals surface area contributed by atoms with Gasteiger partial charge in [0.1, 0.15) is 0 Å². The van der Waals surface area contributed by atoms with Gasteiger partial charge in [0.2, 0.25) is 0 Å². The summed E-state index contributed by atoms with van der Waals surface area (Å²) in [6.45, 7) is 0. The molecule has 0 saturated heterocycles. The lowest BCUT2D eigenvalue weighted by Gasteiger charge is -2.12. The first-order chi connectivity index (χ1) is 8.53. The standard InChI is InChI=1S/C10H16Cl4.H3O3P/c11-5-1-9(2-6-12)10(3-7-13)4-8-14;1-4(2)3/h1-8H2;4H,(H2,1,2,3). The Balaban J connectivity index is 0. The fraction of sp³-hybridized carbons (Fsp3) is 0.800. The van der Waals surface area contributed by atoms with E-state index in [1.54, 1.807) is 0 Å². The number of alkyl halides is 4. The van der Waals surface area contributed by atoms with Gasteiger partial charge in [-0.25, -0.2) is 0 Å². The molecule has 0 aliphatic rings. The number of rotatable bonds is 8. The van der Waals surface area contributed by atoms with E-state index in [1.807, 2.05) is 0 Å². The molecule has 0 amide bonds. The minimum Gasteiger partial charge on any atom is -0.326 e. The van der Waals surface area contributed by atoms with E-state index in [9.17, 15) is 0 Å². The van der Waals surface area contributed by atoms with Crippen LogP contribution in [0.1, 0.15) is 25.7 Å². The molecule has 8 heteroatoms. The van der Waals surface area contributed by atoms with Gasteiger partial charge in [-0.1, -0.05) is 11.1 Å². The van der Waals surface area contributed by atoms with Gasteiger partial charge in [0.05, 0.1) is 0 Å². The quantitative estimate of drug-likeness (QED) is 0.388. The van der Waals surface area contributed by atoms with E-state index in [0.29, 0.717) is 23.5 Å². The Kier molecular flexibility index (Phi) is 19.1. The number of allylic oxidation sites excluding steroid dienone is 2. The van der Waals surface area contributed by atoms with Gasteiger partial charge >= 0.3 is 8.25 Å². The molecule has 18 heavy (non-hydrogen) atoms. The van der Waals surface area contributed by atoms with Crippen LogP contribution in [0.3, 0.4) is 0 Å². The molecule has 0 saturated carbocycles. The maximum Gasteiger partial charge on any atom is 0.314 e. The van der Waals surface area contributed by atoms with Crippen molar-refractivity contribution < 1.29 is 14.4 Å². The van der Waals surface area contributed by atoms with Gasteiger partial charge in [-0.15, -0.1) is 46.4 Å². The predicted octanol–water partition coefficient (Wildman–Crippen LogP) is 4.16. The largest absolute Gasteiger partial charge is 0.326 e. The second-order valence-corrected chi connectivity index (χ2v) is 5.32. The monoisotopic (exact) mass is 358 g/mol. The van der Waals surface area contributed by atoms with E-state index >= 15 is 0 Å². The second kappa shape index (κ2) is 16.1. The molecule has 2 N–H and O–H groups in total. The molecule has 0 aliphatic carbocycles. The molecule has 0 radical (unpaired) electrons. The van der Waals surface area contributed by atoms with Crippen molar-refractivity contribution in [2.24, 2.45) is 0 Å². The minimum atomic E-state index is -3.13. The van der Waals surface area contributed by atoms with Crippen LogP contribution in [-0.4, -0.2) is 33.3 Å². The zero-order chi connectivity index (χ0) is 14.4. The van der Waals surface area contributed by atoms with E-state index in [0.717, 1.165) is 25.7 Å². The highest BCUT2D eigenvalue weighted by molar-refractivity contribution is 7.30. The summed E-state index contributed by atoms with van der Waals surface area (Å²) in [4.78, 5) is 14.3. The van der Waals surface area contributed by atoms with E-state index in [2.05, 4.69) is 0 Å². The first-order valence-corrected chi connectivity index (χ1v) is 8.83. The maximum absolute atomic E-state index is 8.74. The smallest absolute Gasteiger partial charge is 0.314 e. The highest BCUT2D eigenvalue weighted by atomic mass is 35.5. The summed E-state index contributed by atoms with van der Waals surface area (Å²) in [7, 11) is -3.13. The van der Waals surface area contributed by atoms with Gasteiger partial charge < -0.3 is 9.79 Å². The van der Waals surface area contributed by atoms with Crippen molar-refractivity contribution in [3.05, 3.63) is 11.1 Å². The maximum atomic E-state index is 8.74. The Morgan fingerprint density at radius 1 is 0.722 bits per heavy atom. The molecule has 0 aromatic carbocycles. The zero-order valence-electron chi connectivity index (χ0n) is 9.97. The van der Waals surface area contributed by atoms with E-state index < -0.39 is 8.25 Å². The van der Waals surface area contributed by atoms with E-state index in [4.69, 9.17) is 60.8 Å². The predicted molar refractivity (Wildman–Crippen MR) is 81.8 cm³/mol. The van der Waals surface area contributed by atoms with Crippen molar-refractivity contribution in [3.63, 3.8) is 0 Å². The SMILES string of the molecule is ClCCC(CCCl)=C(CCCl)CCCl.O=[PH](O)O. The lowest BCUT2D eigenvalue weighted by molar-refractivity contribution is 0.405. The average molecular weight is 360 g/mol. The number of hydrogen-bond donors (Lipinski definition) is 2. The Morgan fingerprint density at radius 2 is 0.889 bits per heavy atom. The topological polar surface area (TPSA) is 57.5 Å². The number of hydrogen-bond acceptors (Lipinski definition) is 1. The van der Waals surface area contributed by atoms with Crippen LogP contribution in [0.4, 0.5) is 0 Å². The molecule has 0 atom stereocenters. The first kappa shape index (κ1) is 21.4. The van der Waals surface area contributed by atoms with E-state index in [-0.39, 0.29) is 0 Å². The fourth-order valence-electron chi connectivity index (χ4n) is 1.41. The van der Waals surface area contributed by atoms with Crippen LogP contribution in [0.25, 0.3) is 0 Å². The Morgan fingerprint density at radius 3 is 1.00 bits per heavy atom. The van der Waals surface area contributed by atoms with Gasteiger partial charge in [0.25, 0.3) is 0 Å². The van der Waals surface area contributed by atoms with Crippen LogP contribution < -0.4 is 0 Å². The lowest BCUT2D eigenvalue weighted by Crippen LogP contribution is -1.97. The van der Waals surface area contributed by atoms with Crippen molar-refractivity contribution in [2.75, 3.05) is 23.5 Å². The molecule has 0 aromatic rings. The summed E-state index contributed by atoms with van der Waals surface area (Å²) in [6, 6.07) is 0. The highest BCUT2D eigenvalue weighted by Crippen LogP contribution is 2.21. The van der Waals surface area contributed by atoms with Crippen LogP contribution in [0.5, 0.6) is 0 Å². The first-order valence-electron chi connectivity index (χ1n) is 5.38. The Labute approximate surface area is 129 Å². The van der Waals surface area contributed by atoms with Gasteiger partial charge in [-0.05, 0) is 25.7 Å². The van der Waals surface area contributed by atoms with Crippen LogP contribution in [-0.2, 0) is 4.57 Å². The normalized spacial score (nSPS) is 9.94. The minimum absolute atomic E-state index is 0.639. The molecule has 3 nitrogen and oxygen atoms in total. The zero-order valence-corrected chi connectivity index (χ0v) is 14.0. The van der Waals surface area contributed by atoms with E-state index in [1.165, 1.54) is 11.1 Å². The summed E-state index contributed by atoms with van der Waals surface area (Å²) in [6.07, 6.45) is 3.60. The van der Waals surface area contributed by atoms with Crippen LogP contribution in [0.2, 0.25) is 0 Å². The molecule has 110 valence electrons. The summed E-state index contributed by atoms with van der Waals surface area (Å²) < 4.78 is 8.74. The average Bonchev–Trinajstić information content (AvgIpc) is 2.28. The molecular weight excluding hydrogens is 341 g/mol. The van der Waals surface area contributed by atoms with Gasteiger partial charge in [0.15, 0.2) is 0 Å². The molecule has 0 spiro atoms. The van der Waals surface area contributed by atoms with Crippen molar-refractivity contribution in [1.82, 2.24) is 0 Å².